The van der Waals surface area contributed by atoms with Crippen molar-refractivity contribution in [3.63, 3.8) is 0 Å². The number of nitriles is 1. The van der Waals surface area contributed by atoms with Gasteiger partial charge in [-0.3, -0.25) is 4.90 Å². The second-order valence-electron chi connectivity index (χ2n) is 4.72. The normalized spacial score (nSPS) is 17.4. The van der Waals surface area contributed by atoms with Crippen LogP contribution in [0.25, 0.3) is 5.69 Å². The van der Waals surface area contributed by atoms with E-state index in [0.29, 0.717) is 11.3 Å². The molecule has 0 aliphatic carbocycles. The molecule has 1 N–H and O–H groups in total. The van der Waals surface area contributed by atoms with Crippen LogP contribution in [0.4, 0.5) is 14.9 Å². The molecule has 3 rings (SSSR count). The second kappa shape index (κ2) is 5.46. The van der Waals surface area contributed by atoms with Crippen LogP contribution in [0.15, 0.2) is 30.6 Å². The highest BCUT2D eigenvalue weighted by Crippen LogP contribution is 2.25. The molecule has 1 aromatic carbocycles. The van der Waals surface area contributed by atoms with E-state index in [-0.39, 0.29) is 18.8 Å². The summed E-state index contributed by atoms with van der Waals surface area (Å²) < 4.78 is 20.4. The molecule has 0 radical (unpaired) electrons. The van der Waals surface area contributed by atoms with Crippen molar-refractivity contribution in [2.24, 2.45) is 0 Å². The Kier molecular flexibility index (Phi) is 3.48. The van der Waals surface area contributed by atoms with Gasteiger partial charge in [0.15, 0.2) is 5.82 Å². The van der Waals surface area contributed by atoms with E-state index < -0.39 is 18.0 Å². The first kappa shape index (κ1) is 14.0. The lowest BCUT2D eigenvalue weighted by molar-refractivity contribution is 0.0963. The Bertz CT molecular complexity index is 768. The van der Waals surface area contributed by atoms with Crippen molar-refractivity contribution in [3.8, 4) is 11.8 Å². The molecule has 8 heteroatoms. The number of carbonyl (C=O) groups is 1. The molecule has 2 heterocycles. The number of halogens is 1. The number of ether oxygens (including phenoxy) is 1. The van der Waals surface area contributed by atoms with Crippen LogP contribution in [0.5, 0.6) is 0 Å². The van der Waals surface area contributed by atoms with E-state index in [1.807, 2.05) is 6.07 Å². The molecule has 7 nitrogen and oxygen atoms in total. The number of rotatable bonds is 3. The van der Waals surface area contributed by atoms with Gasteiger partial charge < -0.3 is 9.84 Å². The maximum atomic E-state index is 14.2. The SMILES string of the molecule is N#Cc1cnn(-c2ccc(N3C[C@H](CO)OC3=O)cc2F)c1. The van der Waals surface area contributed by atoms with Crippen LogP contribution >= 0.6 is 0 Å². The first-order chi connectivity index (χ1) is 10.6. The Balaban J connectivity index is 1.90. The highest BCUT2D eigenvalue weighted by atomic mass is 19.1. The van der Waals surface area contributed by atoms with E-state index in [4.69, 9.17) is 15.1 Å². The molecule has 1 amide bonds. The highest BCUT2D eigenvalue weighted by molar-refractivity contribution is 5.89. The second-order valence-corrected chi connectivity index (χ2v) is 4.72. The molecule has 1 fully saturated rings. The predicted octanol–water partition coefficient (Wildman–Crippen LogP) is 1.20. The Morgan fingerprint density at radius 1 is 1.55 bits per heavy atom. The molecule has 1 atom stereocenters. The number of aliphatic hydroxyl groups excluding tert-OH is 1. The molecular formula is C14H11FN4O3. The molecule has 1 aliphatic heterocycles. The zero-order valence-electron chi connectivity index (χ0n) is 11.3. The summed E-state index contributed by atoms with van der Waals surface area (Å²) in [6, 6.07) is 6.10. The van der Waals surface area contributed by atoms with E-state index in [2.05, 4.69) is 5.10 Å². The fourth-order valence-corrected chi connectivity index (χ4v) is 2.19. The number of hydrogen-bond donors (Lipinski definition) is 1. The Morgan fingerprint density at radius 2 is 2.36 bits per heavy atom. The van der Waals surface area contributed by atoms with E-state index in [1.54, 1.807) is 6.07 Å². The Morgan fingerprint density at radius 3 is 2.95 bits per heavy atom. The van der Waals surface area contributed by atoms with Crippen molar-refractivity contribution >= 4 is 11.8 Å². The molecule has 1 aromatic heterocycles. The van der Waals surface area contributed by atoms with Crippen LogP contribution < -0.4 is 4.90 Å². The van der Waals surface area contributed by atoms with Crippen LogP contribution in [0.3, 0.4) is 0 Å². The average molecular weight is 302 g/mol. The number of hydrogen-bond acceptors (Lipinski definition) is 5. The number of anilines is 1. The lowest BCUT2D eigenvalue weighted by Crippen LogP contribution is -2.25. The number of aromatic nitrogens is 2. The van der Waals surface area contributed by atoms with Gasteiger partial charge in [0.1, 0.15) is 17.9 Å². The molecule has 0 saturated carbocycles. The van der Waals surface area contributed by atoms with E-state index in [1.165, 1.54) is 34.1 Å². The zero-order valence-corrected chi connectivity index (χ0v) is 11.3. The van der Waals surface area contributed by atoms with Gasteiger partial charge in [-0.1, -0.05) is 0 Å². The highest BCUT2D eigenvalue weighted by Gasteiger charge is 2.32. The van der Waals surface area contributed by atoms with Crippen molar-refractivity contribution in [2.45, 2.75) is 6.10 Å². The van der Waals surface area contributed by atoms with Gasteiger partial charge in [-0.2, -0.15) is 10.4 Å². The van der Waals surface area contributed by atoms with Crippen molar-refractivity contribution < 1.29 is 19.0 Å². The maximum Gasteiger partial charge on any atom is 0.414 e. The maximum absolute atomic E-state index is 14.2. The van der Waals surface area contributed by atoms with Crippen LogP contribution in [-0.4, -0.2) is 40.2 Å². The minimum absolute atomic E-state index is 0.161. The number of aliphatic hydroxyl groups is 1. The van der Waals surface area contributed by atoms with Crippen LogP contribution in [0.1, 0.15) is 5.56 Å². The first-order valence-electron chi connectivity index (χ1n) is 6.46. The minimum Gasteiger partial charge on any atom is -0.441 e. The molecule has 112 valence electrons. The Labute approximate surface area is 124 Å². The summed E-state index contributed by atoms with van der Waals surface area (Å²) in [6.45, 7) is -0.124. The molecule has 1 saturated heterocycles. The molecule has 0 spiro atoms. The lowest BCUT2D eigenvalue weighted by atomic mass is 10.2. The van der Waals surface area contributed by atoms with Crippen molar-refractivity contribution in [1.82, 2.24) is 9.78 Å². The summed E-state index contributed by atoms with van der Waals surface area (Å²) in [5.41, 5.74) is 0.809. The van der Waals surface area contributed by atoms with Crippen LogP contribution in [0.2, 0.25) is 0 Å². The molecule has 22 heavy (non-hydrogen) atoms. The van der Waals surface area contributed by atoms with Gasteiger partial charge in [-0.25, -0.2) is 13.9 Å². The van der Waals surface area contributed by atoms with Crippen LogP contribution in [-0.2, 0) is 4.74 Å². The average Bonchev–Trinajstić information content (AvgIpc) is 3.13. The molecule has 2 aromatic rings. The summed E-state index contributed by atoms with van der Waals surface area (Å²) in [7, 11) is 0. The van der Waals surface area contributed by atoms with Crippen LogP contribution in [0, 0.1) is 17.1 Å². The zero-order chi connectivity index (χ0) is 15.7. The molecule has 1 aliphatic rings. The van der Waals surface area contributed by atoms with Crippen molar-refractivity contribution in [1.29, 1.82) is 5.26 Å². The summed E-state index contributed by atoms with van der Waals surface area (Å²) in [5.74, 6) is -0.592. The fraction of sp³-hybridized carbons (Fsp3) is 0.214. The van der Waals surface area contributed by atoms with Gasteiger partial charge in [-0.15, -0.1) is 0 Å². The summed E-state index contributed by atoms with van der Waals surface area (Å²) in [5, 5.41) is 21.7. The van der Waals surface area contributed by atoms with Gasteiger partial charge in [0.05, 0.1) is 30.6 Å². The number of amides is 1. The third-order valence-corrected chi connectivity index (χ3v) is 3.28. The van der Waals surface area contributed by atoms with Crippen molar-refractivity contribution in [3.05, 3.63) is 42.0 Å². The third kappa shape index (κ3) is 2.38. The number of nitrogens with zero attached hydrogens (tertiary/aromatic N) is 4. The molecule has 0 unspecified atom stereocenters. The number of cyclic esters (lactones) is 1. The van der Waals surface area contributed by atoms with E-state index >= 15 is 0 Å². The van der Waals surface area contributed by atoms with E-state index in [9.17, 15) is 9.18 Å². The molecular weight excluding hydrogens is 291 g/mol. The van der Waals surface area contributed by atoms with Gasteiger partial charge in [0.2, 0.25) is 0 Å². The summed E-state index contributed by atoms with van der Waals surface area (Å²) >= 11 is 0. The smallest absolute Gasteiger partial charge is 0.414 e. The first-order valence-corrected chi connectivity index (χ1v) is 6.46. The predicted molar refractivity (Wildman–Crippen MR) is 72.9 cm³/mol. The Hall–Kier alpha value is -2.92. The van der Waals surface area contributed by atoms with Crippen molar-refractivity contribution in [2.75, 3.05) is 18.1 Å². The topological polar surface area (TPSA) is 91.4 Å². The number of carbonyl (C=O) groups excluding carboxylic acids is 1. The largest absolute Gasteiger partial charge is 0.441 e. The van der Waals surface area contributed by atoms with Gasteiger partial charge in [0.25, 0.3) is 0 Å². The van der Waals surface area contributed by atoms with Gasteiger partial charge >= 0.3 is 6.09 Å². The third-order valence-electron chi connectivity index (χ3n) is 3.28. The quantitative estimate of drug-likeness (QED) is 0.920. The monoisotopic (exact) mass is 302 g/mol. The van der Waals surface area contributed by atoms with Gasteiger partial charge in [-0.05, 0) is 18.2 Å². The molecule has 0 bridgehead atoms. The van der Waals surface area contributed by atoms with Gasteiger partial charge in [0, 0.05) is 6.20 Å². The minimum atomic E-state index is -0.628. The fourth-order valence-electron chi connectivity index (χ4n) is 2.19. The standard InChI is InChI=1S/C14H11FN4O3/c15-12-3-10(18-7-11(8-20)22-14(18)21)1-2-13(12)19-6-9(4-16)5-17-19/h1-3,5-6,11,20H,7-8H2/t11-/m1/s1. The number of benzene rings is 1. The summed E-state index contributed by atoms with van der Waals surface area (Å²) in [6.07, 6.45) is 1.50. The lowest BCUT2D eigenvalue weighted by Gasteiger charge is -2.14. The van der Waals surface area contributed by atoms with E-state index in [0.717, 1.165) is 0 Å². The summed E-state index contributed by atoms with van der Waals surface area (Å²) in [4.78, 5) is 12.9.